The van der Waals surface area contributed by atoms with Crippen molar-refractivity contribution in [1.29, 1.82) is 0 Å². The van der Waals surface area contributed by atoms with Crippen molar-refractivity contribution >= 4 is 11.6 Å². The highest BCUT2D eigenvalue weighted by Crippen LogP contribution is 2.10. The molecule has 4 heteroatoms. The van der Waals surface area contributed by atoms with Gasteiger partial charge < -0.3 is 11.5 Å². The molecule has 0 fully saturated rings. The molecule has 0 radical (unpaired) electrons. The summed E-state index contributed by atoms with van der Waals surface area (Å²) in [6.45, 7) is 0.520. The first-order valence-electron chi connectivity index (χ1n) is 4.19. The van der Waals surface area contributed by atoms with Gasteiger partial charge >= 0.3 is 0 Å². The van der Waals surface area contributed by atoms with Gasteiger partial charge in [-0.15, -0.1) is 0 Å². The molecule has 0 aromatic carbocycles. The minimum absolute atomic E-state index is 0.0102. The number of hydrogen-bond acceptors (Lipinski definition) is 4. The number of ketones is 1. The van der Waals surface area contributed by atoms with E-state index in [-0.39, 0.29) is 5.78 Å². The SMILES string of the molecule is NCCCC(=O)c1cccnc1N. The molecule has 0 saturated heterocycles. The Morgan fingerprint density at radius 1 is 1.54 bits per heavy atom. The third kappa shape index (κ3) is 2.52. The summed E-state index contributed by atoms with van der Waals surface area (Å²) in [5, 5.41) is 0. The summed E-state index contributed by atoms with van der Waals surface area (Å²) in [5.41, 5.74) is 11.3. The molecule has 0 unspecified atom stereocenters. The molecule has 0 saturated carbocycles. The van der Waals surface area contributed by atoms with Gasteiger partial charge in [0, 0.05) is 12.6 Å². The van der Waals surface area contributed by atoms with Gasteiger partial charge in [0.25, 0.3) is 0 Å². The maximum Gasteiger partial charge on any atom is 0.166 e. The number of nitrogens with two attached hydrogens (primary N) is 2. The van der Waals surface area contributed by atoms with Crippen LogP contribution in [0.1, 0.15) is 23.2 Å². The van der Waals surface area contributed by atoms with Crippen molar-refractivity contribution in [3.05, 3.63) is 23.9 Å². The second-order valence-electron chi connectivity index (χ2n) is 2.75. The Hall–Kier alpha value is -1.42. The van der Waals surface area contributed by atoms with Crippen molar-refractivity contribution < 1.29 is 4.79 Å². The van der Waals surface area contributed by atoms with Crippen molar-refractivity contribution in [2.24, 2.45) is 5.73 Å². The fourth-order valence-corrected chi connectivity index (χ4v) is 1.05. The van der Waals surface area contributed by atoms with Crippen molar-refractivity contribution in [3.8, 4) is 0 Å². The molecule has 4 nitrogen and oxygen atoms in total. The van der Waals surface area contributed by atoms with E-state index in [0.29, 0.717) is 30.8 Å². The summed E-state index contributed by atoms with van der Waals surface area (Å²) in [5.74, 6) is 0.306. The van der Waals surface area contributed by atoms with E-state index in [1.807, 2.05) is 0 Å². The number of nitrogens with zero attached hydrogens (tertiary/aromatic N) is 1. The predicted octanol–water partition coefficient (Wildman–Crippen LogP) is 0.585. The fourth-order valence-electron chi connectivity index (χ4n) is 1.05. The Labute approximate surface area is 77.0 Å². The lowest BCUT2D eigenvalue weighted by Gasteiger charge is -2.01. The summed E-state index contributed by atoms with van der Waals surface area (Å²) >= 11 is 0. The van der Waals surface area contributed by atoms with Crippen LogP contribution in [0.2, 0.25) is 0 Å². The van der Waals surface area contributed by atoms with E-state index >= 15 is 0 Å². The molecule has 0 atom stereocenters. The van der Waals surface area contributed by atoms with Gasteiger partial charge in [-0.3, -0.25) is 4.79 Å². The van der Waals surface area contributed by atoms with Crippen LogP contribution in [0.4, 0.5) is 5.82 Å². The number of pyridine rings is 1. The van der Waals surface area contributed by atoms with Gasteiger partial charge in [-0.25, -0.2) is 4.98 Å². The maximum atomic E-state index is 11.4. The number of anilines is 1. The van der Waals surface area contributed by atoms with Crippen LogP contribution in [-0.4, -0.2) is 17.3 Å². The number of nitrogen functional groups attached to an aromatic ring is 1. The van der Waals surface area contributed by atoms with Crippen molar-refractivity contribution in [3.63, 3.8) is 0 Å². The molecule has 1 aromatic heterocycles. The molecule has 0 aliphatic heterocycles. The van der Waals surface area contributed by atoms with E-state index in [2.05, 4.69) is 4.98 Å². The van der Waals surface area contributed by atoms with Crippen LogP contribution in [0.3, 0.4) is 0 Å². The highest BCUT2D eigenvalue weighted by molar-refractivity contribution is 5.99. The normalized spacial score (nSPS) is 9.92. The number of carbonyl (C=O) groups is 1. The van der Waals surface area contributed by atoms with Crippen molar-refractivity contribution in [2.45, 2.75) is 12.8 Å². The third-order valence-corrected chi connectivity index (χ3v) is 1.75. The Morgan fingerprint density at radius 3 is 2.92 bits per heavy atom. The van der Waals surface area contributed by atoms with Crippen LogP contribution >= 0.6 is 0 Å². The van der Waals surface area contributed by atoms with Crippen LogP contribution in [0.5, 0.6) is 0 Å². The number of Topliss-reactive ketones (excluding diaryl/α,β-unsaturated/α-hetero) is 1. The molecule has 0 spiro atoms. The van der Waals surface area contributed by atoms with Gasteiger partial charge in [-0.2, -0.15) is 0 Å². The van der Waals surface area contributed by atoms with Gasteiger partial charge in [0.15, 0.2) is 5.78 Å². The molecule has 13 heavy (non-hydrogen) atoms. The van der Waals surface area contributed by atoms with Crippen LogP contribution in [0.15, 0.2) is 18.3 Å². The van der Waals surface area contributed by atoms with Crippen molar-refractivity contribution in [2.75, 3.05) is 12.3 Å². The Morgan fingerprint density at radius 2 is 2.31 bits per heavy atom. The van der Waals surface area contributed by atoms with E-state index in [1.165, 1.54) is 0 Å². The summed E-state index contributed by atoms with van der Waals surface area (Å²) in [6, 6.07) is 3.38. The van der Waals surface area contributed by atoms with E-state index < -0.39 is 0 Å². The van der Waals surface area contributed by atoms with Crippen LogP contribution in [0, 0.1) is 0 Å². The van der Waals surface area contributed by atoms with E-state index in [0.717, 1.165) is 0 Å². The van der Waals surface area contributed by atoms with Crippen molar-refractivity contribution in [1.82, 2.24) is 4.98 Å². The molecular formula is C9H13N3O. The predicted molar refractivity (Wildman–Crippen MR) is 51.3 cm³/mol. The third-order valence-electron chi connectivity index (χ3n) is 1.75. The summed E-state index contributed by atoms with van der Waals surface area (Å²) in [6.07, 6.45) is 2.69. The van der Waals surface area contributed by atoms with Crippen LogP contribution in [0.25, 0.3) is 0 Å². The van der Waals surface area contributed by atoms with E-state index in [9.17, 15) is 4.79 Å². The molecule has 0 aliphatic carbocycles. The zero-order valence-electron chi connectivity index (χ0n) is 7.36. The largest absolute Gasteiger partial charge is 0.383 e. The Kier molecular flexibility index (Phi) is 3.40. The second kappa shape index (κ2) is 4.57. The maximum absolute atomic E-state index is 11.4. The first-order valence-corrected chi connectivity index (χ1v) is 4.19. The highest BCUT2D eigenvalue weighted by Gasteiger charge is 2.08. The zero-order chi connectivity index (χ0) is 9.68. The molecule has 4 N–H and O–H groups in total. The minimum Gasteiger partial charge on any atom is -0.383 e. The Bertz CT molecular complexity index is 299. The van der Waals surface area contributed by atoms with Gasteiger partial charge in [0.1, 0.15) is 5.82 Å². The lowest BCUT2D eigenvalue weighted by atomic mass is 10.1. The van der Waals surface area contributed by atoms with Crippen LogP contribution in [-0.2, 0) is 0 Å². The zero-order valence-corrected chi connectivity index (χ0v) is 7.36. The number of carbonyl (C=O) groups excluding carboxylic acids is 1. The van der Waals surface area contributed by atoms with Gasteiger partial charge in [0.05, 0.1) is 5.56 Å². The Balaban J connectivity index is 2.71. The molecule has 0 amide bonds. The lowest BCUT2D eigenvalue weighted by molar-refractivity contribution is 0.0981. The molecule has 0 bridgehead atoms. The lowest BCUT2D eigenvalue weighted by Crippen LogP contribution is -2.08. The fraction of sp³-hybridized carbons (Fsp3) is 0.333. The first-order chi connectivity index (χ1) is 6.25. The standard InChI is InChI=1S/C9H13N3O/c10-5-1-4-8(13)7-3-2-6-12-9(7)11/h2-3,6H,1,4-5,10H2,(H2,11,12). The van der Waals surface area contributed by atoms with Gasteiger partial charge in [0.2, 0.25) is 0 Å². The average molecular weight is 179 g/mol. The molecule has 1 aromatic rings. The summed E-state index contributed by atoms with van der Waals surface area (Å²) in [7, 11) is 0. The average Bonchev–Trinajstić information content (AvgIpc) is 2.15. The van der Waals surface area contributed by atoms with Crippen LogP contribution < -0.4 is 11.5 Å². The number of hydrogen-bond donors (Lipinski definition) is 2. The monoisotopic (exact) mass is 179 g/mol. The molecule has 70 valence electrons. The first kappa shape index (κ1) is 9.67. The van der Waals surface area contributed by atoms with E-state index in [1.54, 1.807) is 18.3 Å². The molecule has 1 heterocycles. The van der Waals surface area contributed by atoms with Gasteiger partial charge in [-0.05, 0) is 25.1 Å². The molecule has 1 rings (SSSR count). The molecular weight excluding hydrogens is 166 g/mol. The van der Waals surface area contributed by atoms with Gasteiger partial charge in [-0.1, -0.05) is 0 Å². The summed E-state index contributed by atoms with van der Waals surface area (Å²) in [4.78, 5) is 15.3. The number of aromatic nitrogens is 1. The summed E-state index contributed by atoms with van der Waals surface area (Å²) < 4.78 is 0. The van der Waals surface area contributed by atoms with E-state index in [4.69, 9.17) is 11.5 Å². The smallest absolute Gasteiger partial charge is 0.166 e. The molecule has 0 aliphatic rings. The minimum atomic E-state index is 0.0102. The second-order valence-corrected chi connectivity index (χ2v) is 2.75. The number of rotatable bonds is 4. The highest BCUT2D eigenvalue weighted by atomic mass is 16.1. The topological polar surface area (TPSA) is 82.0 Å². The quantitative estimate of drug-likeness (QED) is 0.662.